The highest BCUT2D eigenvalue weighted by molar-refractivity contribution is 6.00. The van der Waals surface area contributed by atoms with E-state index in [1.165, 1.54) is 93.5 Å². The topological polar surface area (TPSA) is 280 Å². The maximum atomic E-state index is 15.9. The number of alkyl halides is 3. The zero-order chi connectivity index (χ0) is 80.6. The lowest BCUT2D eigenvalue weighted by molar-refractivity contribution is -0.215. The number of carbonyl (C=O) groups is 12. The van der Waals surface area contributed by atoms with E-state index in [0.29, 0.717) is 76.8 Å². The second kappa shape index (κ2) is 40.2. The Morgan fingerprint density at radius 1 is 0.636 bits per heavy atom. The SMILES string of the molecule is CCC[C@H](C)[C@@H]1NC(=O)[C@H](CCC)N(C)C(=O)C[C@@H](C(=O)N2CCCCC2)N(C)C(=O)[C@H](C2CCCC2)N(C)C(=O)C2(CCC2)N(C)C(=O)[C@@H]2C[C@@H](OCC)CN2C(=O)[C@H](CCC2CCC(C(F)(F)F)C(OC)C2)CNC(=O)CN(C)C(=O)[C@H](CC2CCC(C)CC2)N2CC/C=C\C[C@@H](C2=O)N(C)C(=O)CN(C)C1=O. The van der Waals surface area contributed by atoms with E-state index < -0.39 is 180 Å². The number of likely N-dealkylation sites (N-methyl/N-ethyl adjacent to an activating group) is 7. The molecule has 0 aromatic heterocycles. The van der Waals surface area contributed by atoms with Gasteiger partial charge in [-0.25, -0.2) is 0 Å². The third-order valence-corrected chi connectivity index (χ3v) is 26.2. The molecule has 4 aliphatic heterocycles. The van der Waals surface area contributed by atoms with Crippen LogP contribution in [-0.2, 0) is 67.0 Å². The van der Waals surface area contributed by atoms with Crippen molar-refractivity contribution < 1.29 is 80.2 Å². The normalized spacial score (nSPS) is 31.8. The van der Waals surface area contributed by atoms with Gasteiger partial charge in [-0.2, -0.15) is 13.2 Å². The number of methoxy groups -OCH3 is 1. The van der Waals surface area contributed by atoms with Gasteiger partial charge in [0.2, 0.25) is 70.9 Å². The number of amides is 12. The van der Waals surface area contributed by atoms with E-state index in [2.05, 4.69) is 17.6 Å². The Morgan fingerprint density at radius 3 is 1.92 bits per heavy atom. The summed E-state index contributed by atoms with van der Waals surface area (Å²) in [5.41, 5.74) is -1.51. The average molecular weight is 1550 g/mol. The molecule has 26 nitrogen and oxygen atoms in total. The predicted molar refractivity (Wildman–Crippen MR) is 407 cm³/mol. The fourth-order valence-corrected chi connectivity index (χ4v) is 18.9. The van der Waals surface area contributed by atoms with Gasteiger partial charge in [0.15, 0.2) is 0 Å². The zero-order valence-corrected chi connectivity index (χ0v) is 68.2. The van der Waals surface area contributed by atoms with Crippen molar-refractivity contribution in [2.75, 3.05) is 109 Å². The first kappa shape index (κ1) is 88.7. The molecule has 0 radical (unpaired) electrons. The number of nitrogens with one attached hydrogen (secondary N) is 2. The van der Waals surface area contributed by atoms with Crippen LogP contribution in [0.25, 0.3) is 0 Å². The zero-order valence-electron chi connectivity index (χ0n) is 68.2. The Labute approximate surface area is 651 Å². The van der Waals surface area contributed by atoms with Crippen molar-refractivity contribution in [2.24, 2.45) is 41.4 Å². The van der Waals surface area contributed by atoms with Crippen molar-refractivity contribution in [1.29, 1.82) is 0 Å². The highest BCUT2D eigenvalue weighted by Crippen LogP contribution is 2.45. The van der Waals surface area contributed by atoms with Crippen LogP contribution < -0.4 is 10.6 Å². The highest BCUT2D eigenvalue weighted by Gasteiger charge is 2.57. The third kappa shape index (κ3) is 21.3. The van der Waals surface area contributed by atoms with E-state index in [1.807, 2.05) is 32.9 Å². The van der Waals surface area contributed by atoms with Crippen molar-refractivity contribution in [3.8, 4) is 0 Å². The molecule has 0 aromatic carbocycles. The molecule has 1 spiro atoms. The van der Waals surface area contributed by atoms with Crippen LogP contribution in [0.4, 0.5) is 13.2 Å². The molecule has 4 aliphatic carbocycles. The number of hydrogen-bond donors (Lipinski definition) is 2. The molecule has 2 N–H and O–H groups in total. The number of likely N-dealkylation sites (tertiary alicyclic amines) is 1. The van der Waals surface area contributed by atoms with E-state index in [-0.39, 0.29) is 109 Å². The first-order valence-electron chi connectivity index (χ1n) is 41.4. The monoisotopic (exact) mass is 1550 g/mol. The second-order valence-electron chi connectivity index (χ2n) is 33.6. The summed E-state index contributed by atoms with van der Waals surface area (Å²) in [5, 5.41) is 5.89. The molecule has 3 saturated heterocycles. The molecule has 29 heteroatoms. The van der Waals surface area contributed by atoms with E-state index >= 15 is 43.2 Å². The van der Waals surface area contributed by atoms with Gasteiger partial charge in [0, 0.05) is 102 Å². The minimum absolute atomic E-state index is 0.0265. The summed E-state index contributed by atoms with van der Waals surface area (Å²) < 4.78 is 54.7. The Hall–Kier alpha value is -6.91. The van der Waals surface area contributed by atoms with Crippen molar-refractivity contribution in [2.45, 2.75) is 281 Å². The lowest BCUT2D eigenvalue weighted by Crippen LogP contribution is -2.68. The van der Waals surface area contributed by atoms with Gasteiger partial charge >= 0.3 is 6.18 Å². The molecule has 13 atom stereocenters. The lowest BCUT2D eigenvalue weighted by atomic mass is 9.73. The fourth-order valence-electron chi connectivity index (χ4n) is 18.9. The van der Waals surface area contributed by atoms with Gasteiger partial charge in [0.05, 0.1) is 43.6 Å². The Balaban J connectivity index is 1.20. The maximum absolute atomic E-state index is 15.9. The van der Waals surface area contributed by atoms with Crippen LogP contribution in [0.1, 0.15) is 214 Å². The summed E-state index contributed by atoms with van der Waals surface area (Å²) in [5.74, 6) is -10.3. The minimum atomic E-state index is -4.50. The summed E-state index contributed by atoms with van der Waals surface area (Å²) in [4.78, 5) is 198. The Kier molecular flexibility index (Phi) is 32.4. The molecule has 110 heavy (non-hydrogen) atoms. The van der Waals surface area contributed by atoms with Crippen molar-refractivity contribution in [3.05, 3.63) is 12.2 Å². The number of rotatable bonds is 15. The van der Waals surface area contributed by atoms with E-state index in [1.54, 1.807) is 18.9 Å². The summed E-state index contributed by atoms with van der Waals surface area (Å²) in [6.45, 7) is 9.26. The van der Waals surface area contributed by atoms with Gasteiger partial charge in [-0.3, -0.25) is 57.5 Å². The number of carbonyl (C=O) groups excluding carboxylic acids is 12. The van der Waals surface area contributed by atoms with Crippen LogP contribution in [-0.4, -0.2) is 295 Å². The van der Waals surface area contributed by atoms with Gasteiger partial charge in [0.25, 0.3) is 0 Å². The number of nitrogens with zero attached hydrogens (tertiary/aromatic N) is 10. The van der Waals surface area contributed by atoms with Crippen molar-refractivity contribution in [1.82, 2.24) is 59.6 Å². The minimum Gasteiger partial charge on any atom is -0.381 e. The quantitative estimate of drug-likeness (QED) is 0.154. The molecular formula is C81H131F3N12O14. The Morgan fingerprint density at radius 2 is 1.30 bits per heavy atom. The number of piperidine rings is 1. The van der Waals surface area contributed by atoms with Gasteiger partial charge in [0.1, 0.15) is 47.8 Å². The van der Waals surface area contributed by atoms with Crippen LogP contribution in [0.3, 0.4) is 0 Å². The molecule has 7 fully saturated rings. The van der Waals surface area contributed by atoms with E-state index in [4.69, 9.17) is 9.47 Å². The first-order valence-corrected chi connectivity index (χ1v) is 41.4. The van der Waals surface area contributed by atoms with Crippen molar-refractivity contribution in [3.63, 3.8) is 0 Å². The molecular weight excluding hydrogens is 1420 g/mol. The summed E-state index contributed by atoms with van der Waals surface area (Å²) in [7, 11) is 11.6. The molecule has 2 bridgehead atoms. The summed E-state index contributed by atoms with van der Waals surface area (Å²) >= 11 is 0. The standard InChI is InChI=1S/C81H131F3N12O14/c1-14-26-53(5)69-77(106)88(7)51-68(99)90(9)61-30-19-17-24-43-95(76(61)105)63(44-54-33-31-52(4)32-34-54)73(102)87(6)50-66(97)85-48-57(37-35-55-36-38-59(81(82,83)84)65(45-55)109-13)72(101)96-49-58(110-16-3)46-64(96)74(103)93(12)80(39-25-40-80)79(108)92(11)70(56-28-20-21-29-56)78(107)91(10)62(75(104)94-41-22-18-23-42-94)47-67(98)89(8)60(27-15-2)71(100)86-69/h17,19,52-65,69-70H,14-16,18,20-51H2,1-13H3,(H,85,97)(H,86,100)/b19-17-/t52?,53-,54?,55?,57+,58+,59?,60-,61-,62-,63-,64-,65?,69-,70-/m0/s1. The van der Waals surface area contributed by atoms with E-state index in [9.17, 15) is 27.6 Å². The van der Waals surface area contributed by atoms with Gasteiger partial charge in [-0.15, -0.1) is 0 Å². The lowest BCUT2D eigenvalue weighted by Gasteiger charge is -2.51. The largest absolute Gasteiger partial charge is 0.394 e. The first-order chi connectivity index (χ1) is 52.2. The van der Waals surface area contributed by atoms with Crippen LogP contribution in [0, 0.1) is 41.4 Å². The third-order valence-electron chi connectivity index (χ3n) is 26.2. The smallest absolute Gasteiger partial charge is 0.381 e. The number of fused-ring (bicyclic) bond motifs is 3. The Bertz CT molecular complexity index is 3230. The number of halogens is 3. The highest BCUT2D eigenvalue weighted by atomic mass is 19.4. The molecule has 0 aromatic rings. The molecule has 8 aliphatic rings. The second-order valence-corrected chi connectivity index (χ2v) is 33.6. The van der Waals surface area contributed by atoms with Crippen LogP contribution in [0.5, 0.6) is 0 Å². The van der Waals surface area contributed by atoms with Gasteiger partial charge < -0.3 is 69.1 Å². The average Bonchev–Trinajstić information content (AvgIpc) is 1.13. The van der Waals surface area contributed by atoms with Gasteiger partial charge in [-0.05, 0) is 152 Å². The van der Waals surface area contributed by atoms with Crippen molar-refractivity contribution >= 4 is 70.9 Å². The molecule has 3 unspecified atom stereocenters. The molecule has 620 valence electrons. The number of ether oxygens (including phenoxy) is 2. The molecule has 8 rings (SSSR count). The number of hydrogen-bond acceptors (Lipinski definition) is 14. The van der Waals surface area contributed by atoms with Crippen LogP contribution in [0.2, 0.25) is 0 Å². The summed E-state index contributed by atoms with van der Waals surface area (Å²) in [6, 6.07) is -8.36. The van der Waals surface area contributed by atoms with Crippen LogP contribution in [0.15, 0.2) is 12.2 Å². The molecule has 4 heterocycles. The van der Waals surface area contributed by atoms with Crippen LogP contribution >= 0.6 is 0 Å². The predicted octanol–water partition coefficient (Wildman–Crippen LogP) is 7.20. The summed E-state index contributed by atoms with van der Waals surface area (Å²) in [6.07, 6.45) is 8.89. The molecule has 4 saturated carbocycles. The maximum Gasteiger partial charge on any atom is 0.394 e. The fraction of sp³-hybridized carbons (Fsp3) is 0.827. The van der Waals surface area contributed by atoms with Gasteiger partial charge in [-0.1, -0.05) is 91.2 Å². The molecule has 12 amide bonds. The van der Waals surface area contributed by atoms with E-state index in [0.717, 1.165) is 44.9 Å².